The molecule has 1 aliphatic heterocycles. The molecule has 1 aromatic rings. The summed E-state index contributed by atoms with van der Waals surface area (Å²) in [5.74, 6) is 0.291. The molecule has 0 spiro atoms. The SMILES string of the molecule is CCN(CC)C(=O)COc1ccc(NC(=O)C2CCCCN2)cc1Cl. The highest BCUT2D eigenvalue weighted by molar-refractivity contribution is 6.32. The van der Waals surface area contributed by atoms with Crippen LogP contribution in [0.4, 0.5) is 5.69 Å². The third-order valence-corrected chi connectivity index (χ3v) is 4.59. The summed E-state index contributed by atoms with van der Waals surface area (Å²) in [6, 6.07) is 4.88. The molecule has 1 aliphatic rings. The lowest BCUT2D eigenvalue weighted by atomic mass is 10.0. The summed E-state index contributed by atoms with van der Waals surface area (Å²) in [5.41, 5.74) is 0.616. The van der Waals surface area contributed by atoms with Gasteiger partial charge >= 0.3 is 0 Å². The number of ether oxygens (including phenoxy) is 1. The van der Waals surface area contributed by atoms with Gasteiger partial charge in [-0.1, -0.05) is 18.0 Å². The molecule has 0 radical (unpaired) electrons. The molecule has 1 atom stereocenters. The normalized spacial score (nSPS) is 17.0. The van der Waals surface area contributed by atoms with Crippen molar-refractivity contribution < 1.29 is 14.3 Å². The zero-order valence-corrected chi connectivity index (χ0v) is 15.6. The lowest BCUT2D eigenvalue weighted by Gasteiger charge is -2.22. The number of hydrogen-bond acceptors (Lipinski definition) is 4. The van der Waals surface area contributed by atoms with Gasteiger partial charge in [-0.2, -0.15) is 0 Å². The number of rotatable bonds is 7. The van der Waals surface area contributed by atoms with Crippen LogP contribution in [0.1, 0.15) is 33.1 Å². The maximum atomic E-state index is 12.2. The van der Waals surface area contributed by atoms with Crippen molar-refractivity contribution in [3.8, 4) is 5.75 Å². The molecule has 6 nitrogen and oxygen atoms in total. The fourth-order valence-corrected chi connectivity index (χ4v) is 3.04. The summed E-state index contributed by atoms with van der Waals surface area (Å²) in [4.78, 5) is 25.9. The van der Waals surface area contributed by atoms with Gasteiger partial charge in [0.15, 0.2) is 6.61 Å². The molecule has 1 saturated heterocycles. The number of nitrogens with one attached hydrogen (secondary N) is 2. The van der Waals surface area contributed by atoms with Crippen molar-refractivity contribution in [3.63, 3.8) is 0 Å². The number of carbonyl (C=O) groups is 2. The fraction of sp³-hybridized carbons (Fsp3) is 0.556. The fourth-order valence-electron chi connectivity index (χ4n) is 2.81. The van der Waals surface area contributed by atoms with E-state index >= 15 is 0 Å². The Kier molecular flexibility index (Phi) is 7.52. The van der Waals surface area contributed by atoms with Gasteiger partial charge in [-0.25, -0.2) is 0 Å². The number of hydrogen-bond donors (Lipinski definition) is 2. The van der Waals surface area contributed by atoms with Crippen molar-refractivity contribution in [3.05, 3.63) is 23.2 Å². The van der Waals surface area contributed by atoms with Crippen LogP contribution in [0.2, 0.25) is 5.02 Å². The monoisotopic (exact) mass is 367 g/mol. The van der Waals surface area contributed by atoms with E-state index in [0.717, 1.165) is 25.8 Å². The van der Waals surface area contributed by atoms with Crippen LogP contribution in [0.5, 0.6) is 5.75 Å². The Labute approximate surface area is 153 Å². The van der Waals surface area contributed by atoms with Crippen LogP contribution in [0.3, 0.4) is 0 Å². The molecule has 0 saturated carbocycles. The third-order valence-electron chi connectivity index (χ3n) is 4.29. The molecule has 0 aromatic heterocycles. The second-order valence-electron chi connectivity index (χ2n) is 5.99. The molecular formula is C18H26ClN3O3. The summed E-state index contributed by atoms with van der Waals surface area (Å²) in [6.45, 7) is 5.95. The Balaban J connectivity index is 1.91. The third kappa shape index (κ3) is 5.61. The molecule has 1 unspecified atom stereocenters. The summed E-state index contributed by atoms with van der Waals surface area (Å²) in [5, 5.41) is 6.43. The highest BCUT2D eigenvalue weighted by Gasteiger charge is 2.20. The molecular weight excluding hydrogens is 342 g/mol. The molecule has 2 amide bonds. The predicted molar refractivity (Wildman–Crippen MR) is 99.1 cm³/mol. The first-order valence-electron chi connectivity index (χ1n) is 8.79. The number of piperidine rings is 1. The van der Waals surface area contributed by atoms with E-state index in [9.17, 15) is 9.59 Å². The molecule has 2 rings (SSSR count). The summed E-state index contributed by atoms with van der Waals surface area (Å²) in [6.07, 6.45) is 3.00. The zero-order valence-electron chi connectivity index (χ0n) is 14.8. The van der Waals surface area contributed by atoms with Gasteiger partial charge in [0, 0.05) is 18.8 Å². The van der Waals surface area contributed by atoms with Crippen molar-refractivity contribution in [1.82, 2.24) is 10.2 Å². The minimum Gasteiger partial charge on any atom is -0.482 e. The number of halogens is 1. The molecule has 0 bridgehead atoms. The topological polar surface area (TPSA) is 70.7 Å². The number of benzene rings is 1. The van der Waals surface area contributed by atoms with E-state index in [1.807, 2.05) is 13.8 Å². The second-order valence-corrected chi connectivity index (χ2v) is 6.40. The van der Waals surface area contributed by atoms with Crippen LogP contribution in [-0.4, -0.2) is 49.0 Å². The molecule has 7 heteroatoms. The average Bonchev–Trinajstić information content (AvgIpc) is 2.62. The van der Waals surface area contributed by atoms with Gasteiger partial charge in [-0.15, -0.1) is 0 Å². The van der Waals surface area contributed by atoms with Crippen molar-refractivity contribution in [1.29, 1.82) is 0 Å². The Morgan fingerprint density at radius 1 is 1.32 bits per heavy atom. The molecule has 1 heterocycles. The Morgan fingerprint density at radius 2 is 2.08 bits per heavy atom. The van der Waals surface area contributed by atoms with Gasteiger partial charge in [-0.05, 0) is 51.4 Å². The van der Waals surface area contributed by atoms with E-state index in [0.29, 0.717) is 29.5 Å². The largest absolute Gasteiger partial charge is 0.482 e. The smallest absolute Gasteiger partial charge is 0.260 e. The van der Waals surface area contributed by atoms with Crippen LogP contribution in [-0.2, 0) is 9.59 Å². The minimum atomic E-state index is -0.157. The van der Waals surface area contributed by atoms with Crippen LogP contribution >= 0.6 is 11.6 Å². The average molecular weight is 368 g/mol. The molecule has 2 N–H and O–H groups in total. The summed E-state index contributed by atoms with van der Waals surface area (Å²) < 4.78 is 5.51. The maximum absolute atomic E-state index is 12.2. The van der Waals surface area contributed by atoms with E-state index in [1.165, 1.54) is 0 Å². The zero-order chi connectivity index (χ0) is 18.2. The lowest BCUT2D eigenvalue weighted by Crippen LogP contribution is -2.43. The van der Waals surface area contributed by atoms with Crippen LogP contribution < -0.4 is 15.4 Å². The number of anilines is 1. The quantitative estimate of drug-likeness (QED) is 0.777. The Morgan fingerprint density at radius 3 is 2.68 bits per heavy atom. The van der Waals surface area contributed by atoms with Crippen LogP contribution in [0, 0.1) is 0 Å². The van der Waals surface area contributed by atoms with Crippen molar-refractivity contribution in [2.75, 3.05) is 31.6 Å². The van der Waals surface area contributed by atoms with Crippen molar-refractivity contribution in [2.24, 2.45) is 0 Å². The van der Waals surface area contributed by atoms with Gasteiger partial charge in [0.2, 0.25) is 5.91 Å². The molecule has 138 valence electrons. The molecule has 1 aromatic carbocycles. The molecule has 25 heavy (non-hydrogen) atoms. The van der Waals surface area contributed by atoms with Crippen molar-refractivity contribution in [2.45, 2.75) is 39.2 Å². The standard InChI is InChI=1S/C18H26ClN3O3/c1-3-22(4-2)17(23)12-25-16-9-8-13(11-14(16)19)21-18(24)15-7-5-6-10-20-15/h8-9,11,15,20H,3-7,10,12H2,1-2H3,(H,21,24). The molecule has 0 aliphatic carbocycles. The highest BCUT2D eigenvalue weighted by atomic mass is 35.5. The van der Waals surface area contributed by atoms with Crippen LogP contribution in [0.15, 0.2) is 18.2 Å². The van der Waals surface area contributed by atoms with E-state index in [1.54, 1.807) is 23.1 Å². The number of nitrogens with zero attached hydrogens (tertiary/aromatic N) is 1. The lowest BCUT2D eigenvalue weighted by molar-refractivity contribution is -0.133. The van der Waals surface area contributed by atoms with Gasteiger partial charge < -0.3 is 20.3 Å². The van der Waals surface area contributed by atoms with Gasteiger partial charge in [-0.3, -0.25) is 9.59 Å². The summed E-state index contributed by atoms with van der Waals surface area (Å²) >= 11 is 6.21. The number of likely N-dealkylation sites (N-methyl/N-ethyl adjacent to an activating group) is 1. The van der Waals surface area contributed by atoms with Gasteiger partial charge in [0.05, 0.1) is 11.1 Å². The minimum absolute atomic E-state index is 0.0545. The van der Waals surface area contributed by atoms with E-state index in [2.05, 4.69) is 10.6 Å². The van der Waals surface area contributed by atoms with Gasteiger partial charge in [0.25, 0.3) is 5.91 Å². The van der Waals surface area contributed by atoms with Crippen LogP contribution in [0.25, 0.3) is 0 Å². The second kappa shape index (κ2) is 9.63. The molecule has 1 fully saturated rings. The Hall–Kier alpha value is -1.79. The number of amides is 2. The maximum Gasteiger partial charge on any atom is 0.260 e. The predicted octanol–water partition coefficient (Wildman–Crippen LogP) is 2.67. The van der Waals surface area contributed by atoms with E-state index in [4.69, 9.17) is 16.3 Å². The van der Waals surface area contributed by atoms with E-state index < -0.39 is 0 Å². The van der Waals surface area contributed by atoms with Crippen molar-refractivity contribution >= 4 is 29.1 Å². The first-order valence-corrected chi connectivity index (χ1v) is 9.17. The van der Waals surface area contributed by atoms with E-state index in [-0.39, 0.29) is 24.5 Å². The van der Waals surface area contributed by atoms with Gasteiger partial charge in [0.1, 0.15) is 5.75 Å². The highest BCUT2D eigenvalue weighted by Crippen LogP contribution is 2.28. The number of carbonyl (C=O) groups excluding carboxylic acids is 2. The summed E-state index contributed by atoms with van der Waals surface area (Å²) in [7, 11) is 0. The first-order chi connectivity index (χ1) is 12.0. The Bertz CT molecular complexity index is 599. The first kappa shape index (κ1) is 19.5.